The minimum absolute atomic E-state index is 0.00837. The summed E-state index contributed by atoms with van der Waals surface area (Å²) in [5.41, 5.74) is 0.105. The molecule has 0 bridgehead atoms. The first kappa shape index (κ1) is 22.8. The summed E-state index contributed by atoms with van der Waals surface area (Å²) in [6, 6.07) is 4.24. The number of thioether (sulfide) groups is 1. The SMILES string of the molecule is O=[N+]([O-])c1cc(S(=O)(=O)N2CCCCC2)ccc1NCC1(N2CCOCC2)CCSC1. The van der Waals surface area contributed by atoms with Gasteiger partial charge in [0.2, 0.25) is 10.0 Å². The zero-order valence-electron chi connectivity index (χ0n) is 17.6. The molecule has 1 aromatic carbocycles. The number of nitrogens with one attached hydrogen (secondary N) is 1. The number of benzene rings is 1. The molecule has 3 saturated heterocycles. The van der Waals surface area contributed by atoms with E-state index in [1.165, 1.54) is 16.4 Å². The highest BCUT2D eigenvalue weighted by Crippen LogP contribution is 2.36. The van der Waals surface area contributed by atoms with Gasteiger partial charge in [0.1, 0.15) is 5.69 Å². The normalized spacial score (nSPS) is 26.1. The minimum atomic E-state index is -3.72. The summed E-state index contributed by atoms with van der Waals surface area (Å²) in [6.45, 7) is 4.64. The van der Waals surface area contributed by atoms with Crippen molar-refractivity contribution in [2.75, 3.05) is 62.8 Å². The van der Waals surface area contributed by atoms with Crippen molar-refractivity contribution in [3.05, 3.63) is 28.3 Å². The van der Waals surface area contributed by atoms with Gasteiger partial charge in [-0.05, 0) is 37.1 Å². The van der Waals surface area contributed by atoms with Gasteiger partial charge in [0.05, 0.1) is 23.0 Å². The van der Waals surface area contributed by atoms with Gasteiger partial charge in [-0.3, -0.25) is 15.0 Å². The van der Waals surface area contributed by atoms with Gasteiger partial charge >= 0.3 is 0 Å². The maximum absolute atomic E-state index is 13.0. The van der Waals surface area contributed by atoms with Crippen molar-refractivity contribution in [3.63, 3.8) is 0 Å². The molecule has 172 valence electrons. The van der Waals surface area contributed by atoms with Crippen molar-refractivity contribution in [2.45, 2.75) is 36.1 Å². The predicted molar refractivity (Wildman–Crippen MR) is 121 cm³/mol. The molecule has 0 spiro atoms. The van der Waals surface area contributed by atoms with Gasteiger partial charge < -0.3 is 10.1 Å². The number of rotatable bonds is 7. The number of ether oxygens (including phenoxy) is 1. The maximum Gasteiger partial charge on any atom is 0.293 e. The summed E-state index contributed by atoms with van der Waals surface area (Å²) in [6.07, 6.45) is 3.67. The third-order valence-corrected chi connectivity index (χ3v) is 9.62. The molecule has 1 aromatic rings. The van der Waals surface area contributed by atoms with Crippen LogP contribution in [0.4, 0.5) is 11.4 Å². The number of anilines is 1. The van der Waals surface area contributed by atoms with Gasteiger partial charge in [0, 0.05) is 50.1 Å². The zero-order valence-corrected chi connectivity index (χ0v) is 19.3. The molecule has 0 amide bonds. The smallest absolute Gasteiger partial charge is 0.293 e. The summed E-state index contributed by atoms with van der Waals surface area (Å²) >= 11 is 1.90. The van der Waals surface area contributed by atoms with Gasteiger partial charge in [-0.1, -0.05) is 6.42 Å². The molecule has 11 heteroatoms. The Hall–Kier alpha value is -1.40. The van der Waals surface area contributed by atoms with Crippen LogP contribution < -0.4 is 5.32 Å². The molecular weight excluding hydrogens is 440 g/mol. The number of nitro benzene ring substituents is 1. The highest BCUT2D eigenvalue weighted by Gasteiger charge is 2.41. The first-order valence-corrected chi connectivity index (χ1v) is 13.4. The fraction of sp³-hybridized carbons (Fsp3) is 0.700. The average Bonchev–Trinajstić information content (AvgIpc) is 3.29. The van der Waals surface area contributed by atoms with E-state index in [1.54, 1.807) is 6.07 Å². The molecule has 1 atom stereocenters. The van der Waals surface area contributed by atoms with E-state index >= 15 is 0 Å². The highest BCUT2D eigenvalue weighted by molar-refractivity contribution is 7.99. The lowest BCUT2D eigenvalue weighted by atomic mass is 9.95. The minimum Gasteiger partial charge on any atom is -0.379 e. The average molecular weight is 471 g/mol. The monoisotopic (exact) mass is 470 g/mol. The summed E-state index contributed by atoms with van der Waals surface area (Å²) in [5, 5.41) is 15.1. The number of hydrogen-bond donors (Lipinski definition) is 1. The number of sulfonamides is 1. The van der Waals surface area contributed by atoms with Crippen LogP contribution in [0.3, 0.4) is 0 Å². The van der Waals surface area contributed by atoms with Crippen LogP contribution in [-0.2, 0) is 14.8 Å². The van der Waals surface area contributed by atoms with E-state index in [9.17, 15) is 18.5 Å². The molecule has 3 fully saturated rings. The summed E-state index contributed by atoms with van der Waals surface area (Å²) in [4.78, 5) is 13.7. The Morgan fingerprint density at radius 2 is 1.90 bits per heavy atom. The van der Waals surface area contributed by atoms with Crippen LogP contribution >= 0.6 is 11.8 Å². The lowest BCUT2D eigenvalue weighted by Gasteiger charge is -2.43. The van der Waals surface area contributed by atoms with Crippen LogP contribution in [0.15, 0.2) is 23.1 Å². The van der Waals surface area contributed by atoms with Crippen molar-refractivity contribution < 1.29 is 18.1 Å². The highest BCUT2D eigenvalue weighted by atomic mass is 32.2. The second kappa shape index (κ2) is 9.62. The molecule has 3 heterocycles. The Balaban J connectivity index is 1.55. The molecule has 0 radical (unpaired) electrons. The molecular formula is C20H30N4O5S2. The molecule has 0 aromatic heterocycles. The molecule has 1 N–H and O–H groups in total. The van der Waals surface area contributed by atoms with Gasteiger partial charge in [-0.2, -0.15) is 16.1 Å². The third kappa shape index (κ3) is 4.85. The number of hydrogen-bond acceptors (Lipinski definition) is 8. The van der Waals surface area contributed by atoms with E-state index < -0.39 is 14.9 Å². The Kier molecular flexibility index (Phi) is 7.07. The van der Waals surface area contributed by atoms with Crippen molar-refractivity contribution in [1.29, 1.82) is 0 Å². The second-order valence-corrected chi connectivity index (χ2v) is 11.4. The Morgan fingerprint density at radius 1 is 1.16 bits per heavy atom. The Labute approximate surface area is 187 Å². The number of nitro groups is 1. The van der Waals surface area contributed by atoms with Crippen LogP contribution in [-0.4, -0.2) is 85.5 Å². The van der Waals surface area contributed by atoms with E-state index in [1.807, 2.05) is 11.8 Å². The van der Waals surface area contributed by atoms with Crippen molar-refractivity contribution >= 4 is 33.2 Å². The maximum atomic E-state index is 13.0. The molecule has 9 nitrogen and oxygen atoms in total. The van der Waals surface area contributed by atoms with E-state index in [-0.39, 0.29) is 16.1 Å². The lowest BCUT2D eigenvalue weighted by Crippen LogP contribution is -2.57. The molecule has 4 rings (SSSR count). The van der Waals surface area contributed by atoms with Gasteiger partial charge in [-0.25, -0.2) is 8.42 Å². The zero-order chi connectivity index (χ0) is 21.9. The van der Waals surface area contributed by atoms with Crippen molar-refractivity contribution in [3.8, 4) is 0 Å². The summed E-state index contributed by atoms with van der Waals surface area (Å²) in [5.74, 6) is 2.03. The van der Waals surface area contributed by atoms with Crippen LogP contribution in [0.25, 0.3) is 0 Å². The molecule has 1 unspecified atom stereocenters. The third-order valence-electron chi connectivity index (χ3n) is 6.49. The molecule has 31 heavy (non-hydrogen) atoms. The second-order valence-electron chi connectivity index (χ2n) is 8.38. The standard InChI is InChI=1S/C20H30N4O5S2/c25-24(26)19-14-17(31(27,28)23-7-2-1-3-8-23)4-5-18(19)21-15-20(6-13-30-16-20)22-9-11-29-12-10-22/h4-5,14,21H,1-3,6-13,15-16H2. The Bertz CT molecular complexity index is 893. The first-order valence-electron chi connectivity index (χ1n) is 10.9. The number of piperidine rings is 1. The first-order chi connectivity index (χ1) is 14.9. The van der Waals surface area contributed by atoms with Crippen LogP contribution in [0.2, 0.25) is 0 Å². The summed E-state index contributed by atoms with van der Waals surface area (Å²) in [7, 11) is -3.72. The lowest BCUT2D eigenvalue weighted by molar-refractivity contribution is -0.384. The number of morpholine rings is 1. The van der Waals surface area contributed by atoms with Gasteiger partial charge in [0.15, 0.2) is 0 Å². The number of nitrogens with zero attached hydrogens (tertiary/aromatic N) is 3. The van der Waals surface area contributed by atoms with Gasteiger partial charge in [-0.15, -0.1) is 0 Å². The van der Waals surface area contributed by atoms with E-state index in [4.69, 9.17) is 4.74 Å². The molecule has 3 aliphatic rings. The van der Waals surface area contributed by atoms with Crippen LogP contribution in [0.1, 0.15) is 25.7 Å². The molecule has 3 aliphatic heterocycles. The van der Waals surface area contributed by atoms with Crippen LogP contribution in [0.5, 0.6) is 0 Å². The van der Waals surface area contributed by atoms with E-state index in [0.717, 1.165) is 50.3 Å². The molecule has 0 saturated carbocycles. The van der Waals surface area contributed by atoms with Gasteiger partial charge in [0.25, 0.3) is 5.69 Å². The fourth-order valence-electron chi connectivity index (χ4n) is 4.62. The quantitative estimate of drug-likeness (QED) is 0.478. The predicted octanol–water partition coefficient (Wildman–Crippen LogP) is 2.39. The van der Waals surface area contributed by atoms with Crippen molar-refractivity contribution in [2.24, 2.45) is 0 Å². The van der Waals surface area contributed by atoms with E-state index in [0.29, 0.717) is 38.5 Å². The molecule has 0 aliphatic carbocycles. The topological polar surface area (TPSA) is 105 Å². The van der Waals surface area contributed by atoms with Crippen LogP contribution in [0, 0.1) is 10.1 Å². The fourth-order valence-corrected chi connectivity index (χ4v) is 7.64. The largest absolute Gasteiger partial charge is 0.379 e. The Morgan fingerprint density at radius 3 is 2.55 bits per heavy atom. The summed E-state index contributed by atoms with van der Waals surface area (Å²) < 4.78 is 32.8. The van der Waals surface area contributed by atoms with E-state index in [2.05, 4.69) is 10.2 Å². The van der Waals surface area contributed by atoms with Crippen molar-refractivity contribution in [1.82, 2.24) is 9.21 Å².